The highest BCUT2D eigenvalue weighted by molar-refractivity contribution is 6.31. The van der Waals surface area contributed by atoms with Gasteiger partial charge in [0.15, 0.2) is 0 Å². The first-order chi connectivity index (χ1) is 17.4. The van der Waals surface area contributed by atoms with Crippen LogP contribution in [0.3, 0.4) is 0 Å². The molecule has 1 aliphatic carbocycles. The van der Waals surface area contributed by atoms with E-state index in [1.165, 1.54) is 46.5 Å². The minimum Gasteiger partial charge on any atom is -0.466 e. The van der Waals surface area contributed by atoms with E-state index in [1.54, 1.807) is 0 Å². The number of fused-ring (bicyclic) bond motifs is 2. The van der Waals surface area contributed by atoms with Crippen LogP contribution in [-0.4, -0.2) is 39.3 Å². The summed E-state index contributed by atoms with van der Waals surface area (Å²) in [5.41, 5.74) is 8.57. The molecule has 0 amide bonds. The van der Waals surface area contributed by atoms with E-state index >= 15 is 0 Å². The smallest absolute Gasteiger partial charge is 0.330 e. The summed E-state index contributed by atoms with van der Waals surface area (Å²) < 4.78 is 6.67. The largest absolute Gasteiger partial charge is 0.466 e. The maximum absolute atomic E-state index is 11.5. The van der Waals surface area contributed by atoms with Crippen molar-refractivity contribution < 1.29 is 9.53 Å². The molecule has 1 atom stereocenters. The van der Waals surface area contributed by atoms with Crippen molar-refractivity contribution in [1.82, 2.24) is 19.7 Å². The van der Waals surface area contributed by atoms with Gasteiger partial charge in [-0.15, -0.1) is 0 Å². The Morgan fingerprint density at radius 2 is 2.14 bits per heavy atom. The highest BCUT2D eigenvalue weighted by atomic mass is 35.5. The van der Waals surface area contributed by atoms with Gasteiger partial charge in [0.05, 0.1) is 13.3 Å². The Balaban J connectivity index is 1.41. The SMILES string of the molecule is COC(=O)C=Cc1ccc2c(c1)CCC2N(CCc1c[nH]c2cc(Cl)ccc12)Cc1cnn(C)c1C. The molecule has 0 bridgehead atoms. The molecule has 5 rings (SSSR count). The normalized spacial score (nSPS) is 15.3. The highest BCUT2D eigenvalue weighted by Gasteiger charge is 2.29. The molecule has 0 radical (unpaired) electrons. The molecule has 4 aromatic rings. The molecule has 1 unspecified atom stereocenters. The lowest BCUT2D eigenvalue weighted by molar-refractivity contribution is -0.134. The van der Waals surface area contributed by atoms with Crippen LogP contribution < -0.4 is 0 Å². The number of carbonyl (C=O) groups is 1. The molecular formula is C29H31ClN4O2. The number of hydrogen-bond acceptors (Lipinski definition) is 4. The van der Waals surface area contributed by atoms with Crippen LogP contribution in [0.4, 0.5) is 0 Å². The first kappa shape index (κ1) is 24.3. The van der Waals surface area contributed by atoms with E-state index in [2.05, 4.69) is 52.4 Å². The maximum atomic E-state index is 11.5. The van der Waals surface area contributed by atoms with Gasteiger partial charge in [-0.2, -0.15) is 5.10 Å². The number of nitrogens with zero attached hydrogens (tertiary/aromatic N) is 3. The van der Waals surface area contributed by atoms with Crippen LogP contribution in [0.15, 0.2) is 54.9 Å². The fourth-order valence-electron chi connectivity index (χ4n) is 5.22. The van der Waals surface area contributed by atoms with Crippen molar-refractivity contribution in [2.24, 2.45) is 7.05 Å². The third kappa shape index (κ3) is 4.97. The molecule has 7 heteroatoms. The third-order valence-corrected chi connectivity index (χ3v) is 7.61. The van der Waals surface area contributed by atoms with Gasteiger partial charge in [-0.1, -0.05) is 35.9 Å². The number of nitrogens with one attached hydrogen (secondary N) is 1. The monoisotopic (exact) mass is 502 g/mol. The number of benzene rings is 2. The van der Waals surface area contributed by atoms with Gasteiger partial charge in [0.1, 0.15) is 0 Å². The van der Waals surface area contributed by atoms with E-state index in [4.69, 9.17) is 16.3 Å². The first-order valence-corrected chi connectivity index (χ1v) is 12.7. The van der Waals surface area contributed by atoms with Crippen LogP contribution in [0.5, 0.6) is 0 Å². The fraction of sp³-hybridized carbons (Fsp3) is 0.310. The number of rotatable bonds is 8. The summed E-state index contributed by atoms with van der Waals surface area (Å²) in [5.74, 6) is -0.342. The van der Waals surface area contributed by atoms with Crippen molar-refractivity contribution in [3.63, 3.8) is 0 Å². The van der Waals surface area contributed by atoms with E-state index in [-0.39, 0.29) is 5.97 Å². The van der Waals surface area contributed by atoms with E-state index in [1.807, 2.05) is 36.1 Å². The maximum Gasteiger partial charge on any atom is 0.330 e. The standard InChI is InChI=1S/C29H31ClN4O2/c1-19-23(17-32-33(19)2)18-34(13-12-22-16-31-27-15-24(30)7-9-25(22)27)28-10-6-21-14-20(4-8-26(21)28)5-11-29(35)36-3/h4-5,7-9,11,14-17,28,31H,6,10,12-13,18H2,1-3H3. The summed E-state index contributed by atoms with van der Waals surface area (Å²) in [5, 5.41) is 6.45. The van der Waals surface area contributed by atoms with E-state index < -0.39 is 0 Å². The summed E-state index contributed by atoms with van der Waals surface area (Å²) in [7, 11) is 3.39. The van der Waals surface area contributed by atoms with Crippen molar-refractivity contribution in [1.29, 1.82) is 0 Å². The number of esters is 1. The third-order valence-electron chi connectivity index (χ3n) is 7.38. The van der Waals surface area contributed by atoms with Crippen molar-refractivity contribution >= 4 is 34.5 Å². The van der Waals surface area contributed by atoms with Gasteiger partial charge < -0.3 is 9.72 Å². The second-order valence-corrected chi connectivity index (χ2v) is 9.91. The zero-order valence-corrected chi connectivity index (χ0v) is 21.7. The molecule has 186 valence electrons. The molecule has 0 spiro atoms. The van der Waals surface area contributed by atoms with Crippen molar-refractivity contribution in [2.75, 3.05) is 13.7 Å². The van der Waals surface area contributed by atoms with Crippen molar-refractivity contribution in [3.05, 3.63) is 93.4 Å². The lowest BCUT2D eigenvalue weighted by Gasteiger charge is -2.30. The molecular weight excluding hydrogens is 472 g/mol. The molecule has 0 saturated carbocycles. The number of H-pyrrole nitrogens is 1. The summed E-state index contributed by atoms with van der Waals surface area (Å²) >= 11 is 6.19. The van der Waals surface area contributed by atoms with Gasteiger partial charge in [-0.3, -0.25) is 9.58 Å². The van der Waals surface area contributed by atoms with Crippen LogP contribution >= 0.6 is 11.6 Å². The van der Waals surface area contributed by atoms with Gasteiger partial charge in [-0.25, -0.2) is 4.79 Å². The van der Waals surface area contributed by atoms with Gasteiger partial charge in [-0.05, 0) is 66.6 Å². The topological polar surface area (TPSA) is 63.1 Å². The summed E-state index contributed by atoms with van der Waals surface area (Å²) in [4.78, 5) is 17.5. The Hall–Kier alpha value is -3.35. The second-order valence-electron chi connectivity index (χ2n) is 9.47. The Labute approximate surface area is 216 Å². The average Bonchev–Trinajstić information content (AvgIpc) is 3.57. The van der Waals surface area contributed by atoms with Gasteiger partial charge in [0, 0.05) is 65.6 Å². The zero-order chi connectivity index (χ0) is 25.2. The first-order valence-electron chi connectivity index (χ1n) is 12.3. The number of aromatic amines is 1. The number of halogens is 1. The number of aryl methyl sites for hydroxylation is 2. The molecule has 36 heavy (non-hydrogen) atoms. The summed E-state index contributed by atoms with van der Waals surface area (Å²) in [6.07, 6.45) is 10.4. The zero-order valence-electron chi connectivity index (χ0n) is 20.9. The Bertz CT molecular complexity index is 1430. The molecule has 1 aliphatic rings. The Kier molecular flexibility index (Phi) is 6.99. The predicted octanol–water partition coefficient (Wildman–Crippen LogP) is 5.78. The molecule has 2 heterocycles. The minimum atomic E-state index is -0.342. The molecule has 1 N–H and O–H groups in total. The Morgan fingerprint density at radius 3 is 2.92 bits per heavy atom. The molecule has 0 saturated heterocycles. The average molecular weight is 503 g/mol. The molecule has 6 nitrogen and oxygen atoms in total. The lowest BCUT2D eigenvalue weighted by Crippen LogP contribution is -2.29. The number of ether oxygens (including phenoxy) is 1. The van der Waals surface area contributed by atoms with E-state index in [9.17, 15) is 4.79 Å². The van der Waals surface area contributed by atoms with Gasteiger partial charge in [0.2, 0.25) is 0 Å². The van der Waals surface area contributed by atoms with E-state index in [0.717, 1.165) is 48.5 Å². The number of methoxy groups -OCH3 is 1. The fourth-order valence-corrected chi connectivity index (χ4v) is 5.40. The van der Waals surface area contributed by atoms with Crippen LogP contribution in [-0.2, 0) is 36.0 Å². The molecule has 0 aliphatic heterocycles. The van der Waals surface area contributed by atoms with Crippen molar-refractivity contribution in [3.8, 4) is 0 Å². The van der Waals surface area contributed by atoms with Crippen LogP contribution in [0.25, 0.3) is 17.0 Å². The molecule has 2 aromatic carbocycles. The minimum absolute atomic E-state index is 0.331. The van der Waals surface area contributed by atoms with Gasteiger partial charge in [0.25, 0.3) is 0 Å². The number of hydrogen-bond donors (Lipinski definition) is 1. The quantitative estimate of drug-likeness (QED) is 0.245. The van der Waals surface area contributed by atoms with E-state index in [0.29, 0.717) is 6.04 Å². The predicted molar refractivity (Wildman–Crippen MR) is 144 cm³/mol. The summed E-state index contributed by atoms with van der Waals surface area (Å²) in [6, 6.07) is 12.9. The highest BCUT2D eigenvalue weighted by Crippen LogP contribution is 2.38. The van der Waals surface area contributed by atoms with Crippen LogP contribution in [0, 0.1) is 6.92 Å². The Morgan fingerprint density at radius 1 is 1.28 bits per heavy atom. The number of carbonyl (C=O) groups excluding carboxylic acids is 1. The molecule has 2 aromatic heterocycles. The van der Waals surface area contributed by atoms with Gasteiger partial charge >= 0.3 is 5.97 Å². The second kappa shape index (κ2) is 10.3. The molecule has 0 fully saturated rings. The van der Waals surface area contributed by atoms with Crippen molar-refractivity contribution in [2.45, 2.75) is 38.8 Å². The lowest BCUT2D eigenvalue weighted by atomic mass is 10.0. The van der Waals surface area contributed by atoms with Crippen LogP contribution in [0.2, 0.25) is 5.02 Å². The summed E-state index contributed by atoms with van der Waals surface area (Å²) in [6.45, 7) is 3.91. The number of aromatic nitrogens is 3. The van der Waals surface area contributed by atoms with Crippen LogP contribution in [0.1, 0.15) is 46.0 Å².